The Balaban J connectivity index is 2.02. The first kappa shape index (κ1) is 31.2. The fraction of sp³-hybridized carbons (Fsp3) is 0.355. The molecule has 0 heterocycles. The number of halogens is 1. The maximum atomic E-state index is 14.0. The first-order chi connectivity index (χ1) is 18.9. The maximum absolute atomic E-state index is 14.0. The van der Waals surface area contributed by atoms with Crippen LogP contribution in [0, 0.1) is 0 Å². The minimum Gasteiger partial charge on any atom is -0.352 e. The van der Waals surface area contributed by atoms with Crippen LogP contribution in [0.2, 0.25) is 5.02 Å². The van der Waals surface area contributed by atoms with Crippen molar-refractivity contribution in [3.8, 4) is 0 Å². The van der Waals surface area contributed by atoms with Gasteiger partial charge in [-0.2, -0.15) is 0 Å². The SMILES string of the molecule is CCC(C)NC(=O)C(C)N(Cc1ccc(Cl)cc1)C(=O)CN(c1ccc(C(C)C)cc1)S(=O)(=O)c1ccccc1. The Morgan fingerprint density at radius 2 is 1.48 bits per heavy atom. The van der Waals surface area contributed by atoms with Gasteiger partial charge in [-0.3, -0.25) is 13.9 Å². The molecule has 2 amide bonds. The van der Waals surface area contributed by atoms with Gasteiger partial charge in [-0.25, -0.2) is 8.42 Å². The molecule has 0 aliphatic heterocycles. The summed E-state index contributed by atoms with van der Waals surface area (Å²) >= 11 is 6.05. The second-order valence-corrected chi connectivity index (χ2v) is 12.5. The van der Waals surface area contributed by atoms with Gasteiger partial charge in [0.1, 0.15) is 12.6 Å². The maximum Gasteiger partial charge on any atom is 0.264 e. The Morgan fingerprint density at radius 1 is 0.875 bits per heavy atom. The third-order valence-electron chi connectivity index (χ3n) is 6.89. The lowest BCUT2D eigenvalue weighted by Gasteiger charge is -2.32. The fourth-order valence-electron chi connectivity index (χ4n) is 4.11. The zero-order valence-corrected chi connectivity index (χ0v) is 25.2. The normalized spacial score (nSPS) is 13.0. The summed E-state index contributed by atoms with van der Waals surface area (Å²) in [4.78, 5) is 28.6. The van der Waals surface area contributed by atoms with Crippen molar-refractivity contribution in [2.45, 2.75) is 70.5 Å². The lowest BCUT2D eigenvalue weighted by Crippen LogP contribution is -2.52. The van der Waals surface area contributed by atoms with Crippen LogP contribution in [-0.4, -0.2) is 43.8 Å². The van der Waals surface area contributed by atoms with Crippen LogP contribution in [0.1, 0.15) is 58.1 Å². The molecule has 0 spiro atoms. The average Bonchev–Trinajstić information content (AvgIpc) is 2.95. The van der Waals surface area contributed by atoms with E-state index in [0.717, 1.165) is 21.9 Å². The van der Waals surface area contributed by atoms with Crippen molar-refractivity contribution < 1.29 is 18.0 Å². The largest absolute Gasteiger partial charge is 0.352 e. The zero-order valence-electron chi connectivity index (χ0n) is 23.7. The summed E-state index contributed by atoms with van der Waals surface area (Å²) in [6.07, 6.45) is 0.735. The zero-order chi connectivity index (χ0) is 29.4. The van der Waals surface area contributed by atoms with Crippen LogP contribution in [0.15, 0.2) is 83.8 Å². The number of nitrogens with zero attached hydrogens (tertiary/aromatic N) is 2. The number of hydrogen-bond acceptors (Lipinski definition) is 4. The van der Waals surface area contributed by atoms with Gasteiger partial charge >= 0.3 is 0 Å². The van der Waals surface area contributed by atoms with E-state index in [-0.39, 0.29) is 29.3 Å². The van der Waals surface area contributed by atoms with E-state index in [0.29, 0.717) is 10.7 Å². The van der Waals surface area contributed by atoms with Crippen LogP contribution in [-0.2, 0) is 26.2 Å². The summed E-state index contributed by atoms with van der Waals surface area (Å²) in [6.45, 7) is 9.24. The molecule has 2 unspecified atom stereocenters. The quantitative estimate of drug-likeness (QED) is 0.284. The molecule has 0 saturated carbocycles. The van der Waals surface area contributed by atoms with Gasteiger partial charge in [0, 0.05) is 17.6 Å². The third kappa shape index (κ3) is 7.86. The molecule has 7 nitrogen and oxygen atoms in total. The summed E-state index contributed by atoms with van der Waals surface area (Å²) in [5, 5.41) is 3.48. The van der Waals surface area contributed by atoms with Crippen LogP contribution in [0.5, 0.6) is 0 Å². The van der Waals surface area contributed by atoms with Crippen molar-refractivity contribution >= 4 is 39.1 Å². The molecule has 3 rings (SSSR count). The van der Waals surface area contributed by atoms with E-state index >= 15 is 0 Å². The molecule has 0 aromatic heterocycles. The van der Waals surface area contributed by atoms with Gasteiger partial charge in [0.15, 0.2) is 0 Å². The van der Waals surface area contributed by atoms with Crippen molar-refractivity contribution in [3.63, 3.8) is 0 Å². The Labute approximate surface area is 243 Å². The van der Waals surface area contributed by atoms with Crippen molar-refractivity contribution in [1.82, 2.24) is 10.2 Å². The number of amides is 2. The van der Waals surface area contributed by atoms with E-state index in [2.05, 4.69) is 19.2 Å². The standard InChI is InChI=1S/C31H38ClN3O4S/c1-6-23(4)33-31(37)24(5)34(20-25-12-16-27(32)17-13-25)30(36)21-35(28-18-14-26(15-19-28)22(2)3)40(38,39)29-10-8-7-9-11-29/h7-19,22-24H,6,20-21H2,1-5H3,(H,33,37). The van der Waals surface area contributed by atoms with Crippen LogP contribution >= 0.6 is 11.6 Å². The molecule has 40 heavy (non-hydrogen) atoms. The van der Waals surface area contributed by atoms with E-state index < -0.39 is 28.5 Å². The van der Waals surface area contributed by atoms with Gasteiger partial charge in [-0.05, 0) is 73.7 Å². The summed E-state index contributed by atoms with van der Waals surface area (Å²) in [6, 6.07) is 21.3. The Bertz CT molecular complexity index is 1380. The minimum atomic E-state index is -4.10. The summed E-state index contributed by atoms with van der Waals surface area (Å²) in [7, 11) is -4.10. The number of carbonyl (C=O) groups is 2. The van der Waals surface area contributed by atoms with E-state index in [1.807, 2.05) is 26.0 Å². The molecule has 0 bridgehead atoms. The molecule has 0 aliphatic carbocycles. The van der Waals surface area contributed by atoms with Crippen molar-refractivity contribution in [1.29, 1.82) is 0 Å². The molecule has 0 radical (unpaired) electrons. The number of nitrogens with one attached hydrogen (secondary N) is 1. The molecule has 9 heteroatoms. The van der Waals surface area contributed by atoms with Crippen LogP contribution in [0.25, 0.3) is 0 Å². The minimum absolute atomic E-state index is 0.0718. The summed E-state index contributed by atoms with van der Waals surface area (Å²) < 4.78 is 28.8. The highest BCUT2D eigenvalue weighted by atomic mass is 35.5. The first-order valence-corrected chi connectivity index (χ1v) is 15.3. The summed E-state index contributed by atoms with van der Waals surface area (Å²) in [5.41, 5.74) is 2.18. The molecule has 214 valence electrons. The Kier molecular flexibility index (Phi) is 10.8. The highest BCUT2D eigenvalue weighted by molar-refractivity contribution is 7.92. The lowest BCUT2D eigenvalue weighted by atomic mass is 10.0. The number of sulfonamides is 1. The highest BCUT2D eigenvalue weighted by Gasteiger charge is 2.32. The predicted molar refractivity (Wildman–Crippen MR) is 161 cm³/mol. The predicted octanol–water partition coefficient (Wildman–Crippen LogP) is 5.99. The van der Waals surface area contributed by atoms with Crippen LogP contribution in [0.4, 0.5) is 5.69 Å². The van der Waals surface area contributed by atoms with Crippen molar-refractivity contribution in [2.75, 3.05) is 10.8 Å². The molecule has 3 aromatic carbocycles. The molecular formula is C31H38ClN3O4S. The van der Waals surface area contributed by atoms with Gasteiger partial charge in [-0.1, -0.05) is 74.8 Å². The van der Waals surface area contributed by atoms with E-state index in [9.17, 15) is 18.0 Å². The Hall–Kier alpha value is -3.36. The monoisotopic (exact) mass is 583 g/mol. The number of rotatable bonds is 12. The van der Waals surface area contributed by atoms with Gasteiger partial charge in [0.2, 0.25) is 11.8 Å². The second kappa shape index (κ2) is 13.8. The molecule has 0 saturated heterocycles. The molecule has 3 aromatic rings. The van der Waals surface area contributed by atoms with Gasteiger partial charge < -0.3 is 10.2 Å². The van der Waals surface area contributed by atoms with Gasteiger partial charge in [-0.15, -0.1) is 0 Å². The van der Waals surface area contributed by atoms with E-state index in [1.165, 1.54) is 17.0 Å². The molecule has 0 aliphatic rings. The lowest BCUT2D eigenvalue weighted by molar-refractivity contribution is -0.139. The number of benzene rings is 3. The average molecular weight is 584 g/mol. The molecule has 0 fully saturated rings. The molecule has 1 N–H and O–H groups in total. The van der Waals surface area contributed by atoms with Crippen molar-refractivity contribution in [2.24, 2.45) is 0 Å². The number of carbonyl (C=O) groups excluding carboxylic acids is 2. The van der Waals surface area contributed by atoms with E-state index in [4.69, 9.17) is 11.6 Å². The summed E-state index contributed by atoms with van der Waals surface area (Å²) in [5.74, 6) is -0.556. The van der Waals surface area contributed by atoms with Crippen LogP contribution < -0.4 is 9.62 Å². The topological polar surface area (TPSA) is 86.8 Å². The van der Waals surface area contributed by atoms with Crippen LogP contribution in [0.3, 0.4) is 0 Å². The Morgan fingerprint density at radius 3 is 2.02 bits per heavy atom. The number of hydrogen-bond donors (Lipinski definition) is 1. The van der Waals surface area contributed by atoms with Gasteiger partial charge in [0.05, 0.1) is 10.6 Å². The smallest absolute Gasteiger partial charge is 0.264 e. The number of anilines is 1. The molecular weight excluding hydrogens is 546 g/mol. The van der Waals surface area contributed by atoms with Crippen molar-refractivity contribution in [3.05, 3.63) is 95.0 Å². The fourth-order valence-corrected chi connectivity index (χ4v) is 5.67. The molecule has 2 atom stereocenters. The second-order valence-electron chi connectivity index (χ2n) is 10.2. The third-order valence-corrected chi connectivity index (χ3v) is 8.93. The van der Waals surface area contributed by atoms with Gasteiger partial charge in [0.25, 0.3) is 10.0 Å². The highest BCUT2D eigenvalue weighted by Crippen LogP contribution is 2.26. The first-order valence-electron chi connectivity index (χ1n) is 13.5. The van der Waals surface area contributed by atoms with E-state index in [1.54, 1.807) is 61.5 Å².